The van der Waals surface area contributed by atoms with Gasteiger partial charge in [0, 0.05) is 47.0 Å². The second-order valence-electron chi connectivity index (χ2n) is 8.30. The minimum Gasteiger partial charge on any atom is -0.361 e. The molecule has 0 amide bonds. The normalized spacial score (nSPS) is 12.3. The Bertz CT molecular complexity index is 1510. The largest absolute Gasteiger partial charge is 0.361 e. The molecular formula is C27H22N6O. The average Bonchev–Trinajstić information content (AvgIpc) is 3.60. The molecule has 7 heteroatoms. The predicted molar refractivity (Wildman–Crippen MR) is 130 cm³/mol. The average molecular weight is 447 g/mol. The highest BCUT2D eigenvalue weighted by molar-refractivity contribution is 5.95. The number of benzene rings is 1. The van der Waals surface area contributed by atoms with Gasteiger partial charge in [0.15, 0.2) is 0 Å². The Balaban J connectivity index is 1.66. The molecule has 1 atom stereocenters. The van der Waals surface area contributed by atoms with Crippen LogP contribution in [0.15, 0.2) is 90.1 Å². The van der Waals surface area contributed by atoms with Crippen molar-refractivity contribution in [1.29, 1.82) is 0 Å². The number of aryl methyl sites for hydroxylation is 2. The topological polar surface area (TPSA) is 85.4 Å². The third-order valence-corrected chi connectivity index (χ3v) is 6.16. The van der Waals surface area contributed by atoms with Crippen LogP contribution in [0.1, 0.15) is 28.8 Å². The van der Waals surface area contributed by atoms with Gasteiger partial charge in [0.25, 0.3) is 0 Å². The van der Waals surface area contributed by atoms with Gasteiger partial charge in [-0.3, -0.25) is 15.1 Å². The van der Waals surface area contributed by atoms with E-state index >= 15 is 0 Å². The summed E-state index contributed by atoms with van der Waals surface area (Å²) in [5.74, 6) is 0.774. The number of hydrogen-bond acceptors (Lipinski definition) is 5. The third kappa shape index (κ3) is 3.29. The monoisotopic (exact) mass is 446 g/mol. The van der Waals surface area contributed by atoms with Crippen LogP contribution in [0, 0.1) is 13.8 Å². The van der Waals surface area contributed by atoms with Gasteiger partial charge in [-0.25, -0.2) is 0 Å². The first kappa shape index (κ1) is 20.1. The van der Waals surface area contributed by atoms with E-state index in [0.717, 1.165) is 56.0 Å². The van der Waals surface area contributed by atoms with Crippen molar-refractivity contribution in [2.45, 2.75) is 19.9 Å². The van der Waals surface area contributed by atoms with Gasteiger partial charge in [0.2, 0.25) is 0 Å². The van der Waals surface area contributed by atoms with Crippen LogP contribution in [0.2, 0.25) is 0 Å². The van der Waals surface area contributed by atoms with Crippen LogP contribution in [0.4, 0.5) is 0 Å². The zero-order valence-electron chi connectivity index (χ0n) is 18.8. The van der Waals surface area contributed by atoms with Gasteiger partial charge in [-0.1, -0.05) is 41.6 Å². The number of pyridine rings is 2. The quantitative estimate of drug-likeness (QED) is 0.365. The van der Waals surface area contributed by atoms with E-state index < -0.39 is 0 Å². The molecule has 0 saturated carbocycles. The highest BCUT2D eigenvalue weighted by Gasteiger charge is 2.24. The van der Waals surface area contributed by atoms with E-state index in [1.807, 2.05) is 56.8 Å². The molecule has 166 valence electrons. The summed E-state index contributed by atoms with van der Waals surface area (Å²) in [6.07, 6.45) is 9.58. The standard InChI is InChI=1S/C27H22N6O/c1-17-25(18(2)34-32-17)20-12-24-26(29-13-20)22(21-14-30-31-15-21)16-33(24)27(19-8-4-3-5-9-19)23-10-6-7-11-28-23/h3-16,27H,1-2H3,(H,30,31). The molecule has 0 bridgehead atoms. The maximum Gasteiger partial charge on any atom is 0.141 e. The summed E-state index contributed by atoms with van der Waals surface area (Å²) >= 11 is 0. The minimum absolute atomic E-state index is 0.132. The van der Waals surface area contributed by atoms with Crippen molar-refractivity contribution in [3.05, 3.63) is 108 Å². The van der Waals surface area contributed by atoms with Gasteiger partial charge in [0.05, 0.1) is 28.6 Å². The van der Waals surface area contributed by atoms with E-state index in [4.69, 9.17) is 14.5 Å². The molecule has 0 radical (unpaired) electrons. The van der Waals surface area contributed by atoms with Crippen molar-refractivity contribution in [3.63, 3.8) is 0 Å². The van der Waals surface area contributed by atoms with Crippen molar-refractivity contribution in [3.8, 4) is 22.3 Å². The molecular weight excluding hydrogens is 424 g/mol. The Morgan fingerprint density at radius 2 is 1.79 bits per heavy atom. The Morgan fingerprint density at radius 3 is 2.50 bits per heavy atom. The Morgan fingerprint density at radius 1 is 0.941 bits per heavy atom. The Kier molecular flexibility index (Phi) is 4.80. The summed E-state index contributed by atoms with van der Waals surface area (Å²) in [4.78, 5) is 9.64. The predicted octanol–water partition coefficient (Wildman–Crippen LogP) is 5.73. The molecule has 1 N–H and O–H groups in total. The highest BCUT2D eigenvalue weighted by Crippen LogP contribution is 2.37. The first-order valence-corrected chi connectivity index (χ1v) is 11.1. The summed E-state index contributed by atoms with van der Waals surface area (Å²) < 4.78 is 7.69. The lowest BCUT2D eigenvalue weighted by molar-refractivity contribution is 0.393. The molecule has 1 unspecified atom stereocenters. The van der Waals surface area contributed by atoms with Crippen LogP contribution in [0.5, 0.6) is 0 Å². The number of aromatic nitrogens is 6. The summed E-state index contributed by atoms with van der Waals surface area (Å²) in [6.45, 7) is 3.88. The number of H-pyrrole nitrogens is 1. The molecule has 1 aromatic carbocycles. The molecule has 5 heterocycles. The molecule has 0 aliphatic rings. The van der Waals surface area contributed by atoms with Crippen LogP contribution in [0.3, 0.4) is 0 Å². The lowest BCUT2D eigenvalue weighted by Crippen LogP contribution is -2.12. The number of rotatable bonds is 5. The maximum absolute atomic E-state index is 5.44. The number of hydrogen-bond donors (Lipinski definition) is 1. The molecule has 0 aliphatic carbocycles. The van der Waals surface area contributed by atoms with Crippen molar-refractivity contribution in [2.24, 2.45) is 0 Å². The molecule has 0 aliphatic heterocycles. The molecule has 7 nitrogen and oxygen atoms in total. The second-order valence-corrected chi connectivity index (χ2v) is 8.30. The summed E-state index contributed by atoms with van der Waals surface area (Å²) in [5, 5.41) is 11.2. The maximum atomic E-state index is 5.44. The zero-order chi connectivity index (χ0) is 23.1. The lowest BCUT2D eigenvalue weighted by Gasteiger charge is -2.20. The van der Waals surface area contributed by atoms with Gasteiger partial charge in [-0.2, -0.15) is 5.10 Å². The first-order chi connectivity index (χ1) is 16.7. The van der Waals surface area contributed by atoms with Crippen LogP contribution in [0.25, 0.3) is 33.3 Å². The van der Waals surface area contributed by atoms with E-state index in [2.05, 4.69) is 62.5 Å². The van der Waals surface area contributed by atoms with Gasteiger partial charge in [-0.05, 0) is 37.6 Å². The fourth-order valence-electron chi connectivity index (χ4n) is 4.63. The molecule has 34 heavy (non-hydrogen) atoms. The van der Waals surface area contributed by atoms with Crippen molar-refractivity contribution >= 4 is 11.0 Å². The fourth-order valence-corrected chi connectivity index (χ4v) is 4.63. The molecule has 6 aromatic rings. The van der Waals surface area contributed by atoms with Crippen molar-refractivity contribution in [1.82, 2.24) is 29.9 Å². The summed E-state index contributed by atoms with van der Waals surface area (Å²) in [6, 6.07) is 18.5. The fraction of sp³-hybridized carbons (Fsp3) is 0.111. The Hall–Kier alpha value is -4.52. The second kappa shape index (κ2) is 8.12. The first-order valence-electron chi connectivity index (χ1n) is 11.1. The molecule has 0 spiro atoms. The van der Waals surface area contributed by atoms with Crippen LogP contribution < -0.4 is 0 Å². The molecule has 0 fully saturated rings. The summed E-state index contributed by atoms with van der Waals surface area (Å²) in [7, 11) is 0. The SMILES string of the molecule is Cc1noc(C)c1-c1cnc2c(-c3cn[nH]c3)cn(C(c3ccccc3)c3ccccn3)c2c1. The number of aromatic amines is 1. The van der Waals surface area contributed by atoms with E-state index in [1.54, 1.807) is 0 Å². The highest BCUT2D eigenvalue weighted by atomic mass is 16.5. The minimum atomic E-state index is -0.132. The molecule has 0 saturated heterocycles. The van der Waals surface area contributed by atoms with Gasteiger partial charge in [0.1, 0.15) is 11.8 Å². The smallest absolute Gasteiger partial charge is 0.141 e. The van der Waals surface area contributed by atoms with Crippen LogP contribution in [-0.2, 0) is 0 Å². The van der Waals surface area contributed by atoms with E-state index in [9.17, 15) is 0 Å². The van der Waals surface area contributed by atoms with Crippen molar-refractivity contribution in [2.75, 3.05) is 0 Å². The molecule has 5 aromatic heterocycles. The van der Waals surface area contributed by atoms with Crippen LogP contribution in [-0.4, -0.2) is 29.9 Å². The van der Waals surface area contributed by atoms with Gasteiger partial charge in [-0.15, -0.1) is 0 Å². The third-order valence-electron chi connectivity index (χ3n) is 6.16. The number of nitrogens with zero attached hydrogens (tertiary/aromatic N) is 5. The number of nitrogens with one attached hydrogen (secondary N) is 1. The zero-order valence-corrected chi connectivity index (χ0v) is 18.8. The molecule has 6 rings (SSSR count). The van der Waals surface area contributed by atoms with Crippen molar-refractivity contribution < 1.29 is 4.52 Å². The van der Waals surface area contributed by atoms with Crippen LogP contribution >= 0.6 is 0 Å². The van der Waals surface area contributed by atoms with E-state index in [-0.39, 0.29) is 6.04 Å². The van der Waals surface area contributed by atoms with E-state index in [0.29, 0.717) is 0 Å². The van der Waals surface area contributed by atoms with Gasteiger partial charge >= 0.3 is 0 Å². The Labute approximate surface area is 196 Å². The number of fused-ring (bicyclic) bond motifs is 1. The summed E-state index contributed by atoms with van der Waals surface area (Å²) in [5.41, 5.74) is 8.75. The van der Waals surface area contributed by atoms with Gasteiger partial charge < -0.3 is 9.09 Å². The lowest BCUT2D eigenvalue weighted by atomic mass is 10.0. The van der Waals surface area contributed by atoms with E-state index in [1.165, 1.54) is 0 Å².